The van der Waals surface area contributed by atoms with Crippen molar-refractivity contribution in [2.75, 3.05) is 0 Å². The minimum Gasteiger partial charge on any atom is -0.481 e. The van der Waals surface area contributed by atoms with Crippen molar-refractivity contribution in [3.63, 3.8) is 0 Å². The van der Waals surface area contributed by atoms with Crippen LogP contribution >= 0.6 is 0 Å². The number of aliphatic carboxylic acids is 1. The molecular formula is C13H17F2NO2. The molecule has 0 spiro atoms. The van der Waals surface area contributed by atoms with E-state index in [0.29, 0.717) is 12.0 Å². The molecule has 100 valence electrons. The summed E-state index contributed by atoms with van der Waals surface area (Å²) >= 11 is 0. The highest BCUT2D eigenvalue weighted by molar-refractivity contribution is 5.68. The van der Waals surface area contributed by atoms with E-state index in [4.69, 9.17) is 10.8 Å². The van der Waals surface area contributed by atoms with E-state index in [1.807, 2.05) is 6.92 Å². The van der Waals surface area contributed by atoms with Crippen LogP contribution < -0.4 is 5.73 Å². The van der Waals surface area contributed by atoms with Gasteiger partial charge in [-0.15, -0.1) is 0 Å². The lowest BCUT2D eigenvalue weighted by Crippen LogP contribution is -2.29. The molecule has 0 amide bonds. The minimum atomic E-state index is -2.56. The topological polar surface area (TPSA) is 63.3 Å². The largest absolute Gasteiger partial charge is 0.481 e. The van der Waals surface area contributed by atoms with Crippen LogP contribution in [-0.4, -0.2) is 17.1 Å². The zero-order valence-corrected chi connectivity index (χ0v) is 10.1. The Hall–Kier alpha value is -1.49. The van der Waals surface area contributed by atoms with Crippen LogP contribution in [0.3, 0.4) is 0 Å². The molecule has 0 radical (unpaired) electrons. The van der Waals surface area contributed by atoms with Gasteiger partial charge in [0.2, 0.25) is 0 Å². The molecule has 0 aromatic heterocycles. The van der Waals surface area contributed by atoms with Gasteiger partial charge < -0.3 is 10.8 Å². The maximum atomic E-state index is 12.6. The molecule has 3 N–H and O–H groups in total. The van der Waals surface area contributed by atoms with Gasteiger partial charge in [0.15, 0.2) is 0 Å². The minimum absolute atomic E-state index is 0.105. The molecule has 0 aliphatic carbocycles. The third-order valence-electron chi connectivity index (χ3n) is 2.97. The molecule has 2 atom stereocenters. The van der Waals surface area contributed by atoms with E-state index in [0.717, 1.165) is 0 Å². The third-order valence-corrected chi connectivity index (χ3v) is 2.97. The van der Waals surface area contributed by atoms with E-state index in [1.54, 1.807) is 6.07 Å². The Labute approximate surface area is 105 Å². The zero-order valence-electron chi connectivity index (χ0n) is 10.1. The van der Waals surface area contributed by atoms with Crippen molar-refractivity contribution in [3.8, 4) is 0 Å². The number of nitrogens with two attached hydrogens (primary N) is 1. The van der Waals surface area contributed by atoms with Crippen LogP contribution in [0.15, 0.2) is 24.3 Å². The molecule has 18 heavy (non-hydrogen) atoms. The Morgan fingerprint density at radius 3 is 2.50 bits per heavy atom. The molecular weight excluding hydrogens is 240 g/mol. The normalized spacial score (nSPS) is 14.5. The van der Waals surface area contributed by atoms with Gasteiger partial charge in [-0.25, -0.2) is 8.78 Å². The fourth-order valence-corrected chi connectivity index (χ4v) is 1.91. The van der Waals surface area contributed by atoms with Gasteiger partial charge in [-0.1, -0.05) is 25.1 Å². The molecule has 0 aliphatic rings. The average molecular weight is 257 g/mol. The summed E-state index contributed by atoms with van der Waals surface area (Å²) in [5.74, 6) is -1.42. The first-order chi connectivity index (χ1) is 8.45. The molecule has 0 heterocycles. The maximum absolute atomic E-state index is 12.6. The zero-order chi connectivity index (χ0) is 13.7. The smallest absolute Gasteiger partial charge is 0.304 e. The van der Waals surface area contributed by atoms with Gasteiger partial charge in [-0.05, 0) is 18.1 Å². The lowest BCUT2D eigenvalue weighted by Gasteiger charge is -2.22. The summed E-state index contributed by atoms with van der Waals surface area (Å²) in [6.07, 6.45) is -2.12. The van der Waals surface area contributed by atoms with E-state index in [2.05, 4.69) is 0 Å². The lowest BCUT2D eigenvalue weighted by molar-refractivity contribution is -0.137. The van der Waals surface area contributed by atoms with Crippen molar-refractivity contribution in [2.45, 2.75) is 38.2 Å². The molecule has 1 rings (SSSR count). The van der Waals surface area contributed by atoms with E-state index in [1.165, 1.54) is 18.2 Å². The van der Waals surface area contributed by atoms with E-state index < -0.39 is 18.3 Å². The number of hydrogen-bond acceptors (Lipinski definition) is 2. The van der Waals surface area contributed by atoms with Gasteiger partial charge in [-0.2, -0.15) is 0 Å². The van der Waals surface area contributed by atoms with Crippen LogP contribution in [0, 0.1) is 0 Å². The number of alkyl halides is 2. The number of carboxylic acids is 1. The summed E-state index contributed by atoms with van der Waals surface area (Å²) < 4.78 is 25.2. The van der Waals surface area contributed by atoms with Gasteiger partial charge in [0.1, 0.15) is 0 Å². The Bertz CT molecular complexity index is 410. The maximum Gasteiger partial charge on any atom is 0.304 e. The summed E-state index contributed by atoms with van der Waals surface area (Å²) in [6.45, 7) is 1.84. The second-order valence-electron chi connectivity index (χ2n) is 4.25. The number of hydrogen-bond donors (Lipinski definition) is 2. The fraction of sp³-hybridized carbons (Fsp3) is 0.462. The van der Waals surface area contributed by atoms with Crippen LogP contribution in [0.2, 0.25) is 0 Å². The van der Waals surface area contributed by atoms with Crippen LogP contribution in [0.5, 0.6) is 0 Å². The molecule has 1 aromatic carbocycles. The summed E-state index contributed by atoms with van der Waals surface area (Å²) in [5, 5.41) is 8.86. The first kappa shape index (κ1) is 14.6. The average Bonchev–Trinajstić information content (AvgIpc) is 2.35. The number of carboxylic acid groups (broad SMARTS) is 1. The van der Waals surface area contributed by atoms with Crippen LogP contribution in [0.25, 0.3) is 0 Å². The van der Waals surface area contributed by atoms with Crippen LogP contribution in [0.4, 0.5) is 8.78 Å². The fourth-order valence-electron chi connectivity index (χ4n) is 1.91. The summed E-state index contributed by atoms with van der Waals surface area (Å²) in [5.41, 5.74) is 6.33. The van der Waals surface area contributed by atoms with Crippen molar-refractivity contribution in [1.82, 2.24) is 0 Å². The first-order valence-corrected chi connectivity index (χ1v) is 5.81. The standard InChI is InChI=1S/C13H17F2NO2/c1-2-11(16)10(7-12(17)18)8-4-3-5-9(6-8)13(14)15/h3-6,10-11,13H,2,7,16H2,1H3,(H,17,18). The number of benzene rings is 1. The highest BCUT2D eigenvalue weighted by Gasteiger charge is 2.22. The molecule has 0 fully saturated rings. The molecule has 5 heteroatoms. The highest BCUT2D eigenvalue weighted by Crippen LogP contribution is 2.28. The van der Waals surface area contributed by atoms with Gasteiger partial charge in [0.05, 0.1) is 6.42 Å². The molecule has 3 nitrogen and oxygen atoms in total. The predicted octanol–water partition coefficient (Wildman–Crippen LogP) is 2.92. The highest BCUT2D eigenvalue weighted by atomic mass is 19.3. The first-order valence-electron chi connectivity index (χ1n) is 5.81. The monoisotopic (exact) mass is 257 g/mol. The molecule has 2 unspecified atom stereocenters. The van der Waals surface area contributed by atoms with Crippen molar-refractivity contribution >= 4 is 5.97 Å². The molecule has 0 saturated heterocycles. The Morgan fingerprint density at radius 1 is 1.39 bits per heavy atom. The second-order valence-corrected chi connectivity index (χ2v) is 4.25. The quantitative estimate of drug-likeness (QED) is 0.823. The lowest BCUT2D eigenvalue weighted by atomic mass is 9.87. The van der Waals surface area contributed by atoms with Crippen LogP contribution in [-0.2, 0) is 4.79 Å². The van der Waals surface area contributed by atoms with Gasteiger partial charge >= 0.3 is 5.97 Å². The van der Waals surface area contributed by atoms with E-state index >= 15 is 0 Å². The predicted molar refractivity (Wildman–Crippen MR) is 64.7 cm³/mol. The van der Waals surface area contributed by atoms with Crippen molar-refractivity contribution in [1.29, 1.82) is 0 Å². The SMILES string of the molecule is CCC(N)C(CC(=O)O)c1cccc(C(F)F)c1. The Balaban J connectivity index is 3.04. The van der Waals surface area contributed by atoms with Gasteiger partial charge in [0.25, 0.3) is 6.43 Å². The van der Waals surface area contributed by atoms with Gasteiger partial charge in [0, 0.05) is 17.5 Å². The number of halogens is 2. The molecule has 0 bridgehead atoms. The van der Waals surface area contributed by atoms with Crippen LogP contribution in [0.1, 0.15) is 43.2 Å². The Kier molecular flexibility index (Phi) is 5.22. The summed E-state index contributed by atoms with van der Waals surface area (Å²) in [6, 6.07) is 5.47. The van der Waals surface area contributed by atoms with Gasteiger partial charge in [-0.3, -0.25) is 4.79 Å². The molecule has 1 aromatic rings. The second kappa shape index (κ2) is 6.44. The van der Waals surface area contributed by atoms with Crippen molar-refractivity contribution < 1.29 is 18.7 Å². The number of carbonyl (C=O) groups is 1. The Morgan fingerprint density at radius 2 is 2.00 bits per heavy atom. The molecule has 0 saturated carbocycles. The van der Waals surface area contributed by atoms with Crippen molar-refractivity contribution in [2.24, 2.45) is 5.73 Å². The summed E-state index contributed by atoms with van der Waals surface area (Å²) in [4.78, 5) is 10.8. The van der Waals surface area contributed by atoms with E-state index in [-0.39, 0.29) is 18.0 Å². The van der Waals surface area contributed by atoms with Crippen molar-refractivity contribution in [3.05, 3.63) is 35.4 Å². The third kappa shape index (κ3) is 3.77. The number of rotatable bonds is 6. The van der Waals surface area contributed by atoms with E-state index in [9.17, 15) is 13.6 Å². The molecule has 0 aliphatic heterocycles. The summed E-state index contributed by atoms with van der Waals surface area (Å²) in [7, 11) is 0.